The molecular weight excluding hydrogens is 264 g/mol. The second-order valence-corrected chi connectivity index (χ2v) is 6.97. The molecule has 2 rings (SSSR count). The normalized spacial score (nSPS) is 37.6. The molecule has 21 heavy (non-hydrogen) atoms. The highest BCUT2D eigenvalue weighted by molar-refractivity contribution is 5.81. The van der Waals surface area contributed by atoms with Gasteiger partial charge >= 0.3 is 5.97 Å². The van der Waals surface area contributed by atoms with Crippen molar-refractivity contribution in [2.75, 3.05) is 26.2 Å². The van der Waals surface area contributed by atoms with Gasteiger partial charge in [-0.2, -0.15) is 0 Å². The van der Waals surface area contributed by atoms with Crippen LogP contribution < -0.4 is 5.32 Å². The lowest BCUT2D eigenvalue weighted by atomic mass is 9.87. The van der Waals surface area contributed by atoms with Gasteiger partial charge in [-0.3, -0.25) is 4.79 Å². The van der Waals surface area contributed by atoms with Crippen LogP contribution in [0.15, 0.2) is 0 Å². The molecule has 2 aliphatic rings. The fraction of sp³-hybridized carbons (Fsp3) is 0.941. The third kappa shape index (κ3) is 3.59. The van der Waals surface area contributed by atoms with Crippen molar-refractivity contribution in [3.63, 3.8) is 0 Å². The maximum Gasteiger partial charge on any atom is 0.326 e. The van der Waals surface area contributed by atoms with E-state index in [2.05, 4.69) is 31.0 Å². The van der Waals surface area contributed by atoms with Crippen LogP contribution in [0.3, 0.4) is 0 Å². The van der Waals surface area contributed by atoms with E-state index >= 15 is 0 Å². The van der Waals surface area contributed by atoms with Gasteiger partial charge in [0.2, 0.25) is 0 Å². The summed E-state index contributed by atoms with van der Waals surface area (Å²) in [5.41, 5.74) is -0.443. The molecule has 4 nitrogen and oxygen atoms in total. The molecule has 0 radical (unpaired) electrons. The van der Waals surface area contributed by atoms with Crippen molar-refractivity contribution in [2.24, 2.45) is 11.8 Å². The number of nitrogens with zero attached hydrogens (tertiary/aromatic N) is 1. The van der Waals surface area contributed by atoms with Crippen LogP contribution in [0.5, 0.6) is 0 Å². The van der Waals surface area contributed by atoms with Gasteiger partial charge in [-0.1, -0.05) is 20.8 Å². The van der Waals surface area contributed by atoms with Crippen molar-refractivity contribution in [1.82, 2.24) is 10.2 Å². The van der Waals surface area contributed by atoms with E-state index < -0.39 is 5.54 Å². The molecule has 1 saturated heterocycles. The molecular formula is C17H32N2O2. The molecule has 1 heterocycles. The number of likely N-dealkylation sites (N-methyl/N-ethyl adjacent to an activating group) is 1. The molecule has 1 aliphatic heterocycles. The molecule has 1 N–H and O–H groups in total. The summed E-state index contributed by atoms with van der Waals surface area (Å²) in [5.74, 6) is 1.54. The Kier molecular flexibility index (Phi) is 5.67. The molecule has 2 fully saturated rings. The van der Waals surface area contributed by atoms with Crippen molar-refractivity contribution < 1.29 is 9.53 Å². The van der Waals surface area contributed by atoms with E-state index in [1.54, 1.807) is 0 Å². The Morgan fingerprint density at radius 2 is 2.05 bits per heavy atom. The first-order valence-corrected chi connectivity index (χ1v) is 8.68. The van der Waals surface area contributed by atoms with Crippen molar-refractivity contribution in [3.05, 3.63) is 0 Å². The zero-order valence-corrected chi connectivity index (χ0v) is 14.2. The molecule has 4 heteroatoms. The molecule has 1 saturated carbocycles. The van der Waals surface area contributed by atoms with E-state index in [-0.39, 0.29) is 5.97 Å². The summed E-state index contributed by atoms with van der Waals surface area (Å²) >= 11 is 0. The van der Waals surface area contributed by atoms with E-state index in [4.69, 9.17) is 4.74 Å². The van der Waals surface area contributed by atoms with Crippen LogP contribution in [0, 0.1) is 11.8 Å². The minimum absolute atomic E-state index is 0.0484. The van der Waals surface area contributed by atoms with E-state index in [1.165, 1.54) is 19.5 Å². The lowest BCUT2D eigenvalue weighted by molar-refractivity contribution is -0.151. The first-order chi connectivity index (χ1) is 10.0. The number of esters is 1. The Labute approximate surface area is 129 Å². The van der Waals surface area contributed by atoms with Gasteiger partial charge in [-0.05, 0) is 57.5 Å². The first kappa shape index (κ1) is 16.8. The fourth-order valence-corrected chi connectivity index (χ4v) is 3.98. The predicted octanol–water partition coefficient (Wildman–Crippen LogP) is 2.43. The Balaban J connectivity index is 2.01. The highest BCUT2D eigenvalue weighted by Gasteiger charge is 2.47. The van der Waals surface area contributed by atoms with Crippen LogP contribution in [0.1, 0.15) is 53.4 Å². The number of ether oxygens (including phenoxy) is 1. The van der Waals surface area contributed by atoms with Gasteiger partial charge in [-0.15, -0.1) is 0 Å². The highest BCUT2D eigenvalue weighted by Crippen LogP contribution is 2.36. The Bertz CT molecular complexity index is 361. The number of piperidine rings is 1. The molecule has 0 aromatic heterocycles. The van der Waals surface area contributed by atoms with Crippen molar-refractivity contribution in [1.29, 1.82) is 0 Å². The van der Waals surface area contributed by atoms with Crippen LogP contribution in [0.2, 0.25) is 0 Å². The Morgan fingerprint density at radius 1 is 1.29 bits per heavy atom. The summed E-state index contributed by atoms with van der Waals surface area (Å²) in [4.78, 5) is 15.0. The molecule has 0 bridgehead atoms. The maximum atomic E-state index is 12.4. The fourth-order valence-electron chi connectivity index (χ4n) is 3.98. The lowest BCUT2D eigenvalue weighted by Crippen LogP contribution is -2.53. The van der Waals surface area contributed by atoms with Gasteiger partial charge in [0.15, 0.2) is 0 Å². The van der Waals surface area contributed by atoms with Gasteiger partial charge in [0.05, 0.1) is 6.61 Å². The second kappa shape index (κ2) is 7.10. The lowest BCUT2D eigenvalue weighted by Gasteiger charge is -2.39. The van der Waals surface area contributed by atoms with Crippen LogP contribution >= 0.6 is 0 Å². The minimum atomic E-state index is -0.443. The zero-order valence-electron chi connectivity index (χ0n) is 14.2. The maximum absolute atomic E-state index is 12.4. The molecule has 0 amide bonds. The molecule has 0 aromatic rings. The van der Waals surface area contributed by atoms with Crippen molar-refractivity contribution in [3.8, 4) is 0 Å². The quantitative estimate of drug-likeness (QED) is 0.791. The standard InChI is InChI=1S/C17H32N2O2/c1-5-18-17(16(20)21-6-2)9-7-15(11-17)19-10-8-13(3)14(4)12-19/h13-15,18H,5-12H2,1-4H3. The van der Waals surface area contributed by atoms with Crippen molar-refractivity contribution in [2.45, 2.75) is 65.0 Å². The van der Waals surface area contributed by atoms with E-state index in [0.717, 1.165) is 37.6 Å². The zero-order chi connectivity index (χ0) is 15.5. The van der Waals surface area contributed by atoms with Crippen LogP contribution in [-0.4, -0.2) is 48.7 Å². The van der Waals surface area contributed by atoms with Gasteiger partial charge in [0.25, 0.3) is 0 Å². The molecule has 0 spiro atoms. The monoisotopic (exact) mass is 296 g/mol. The molecule has 4 atom stereocenters. The summed E-state index contributed by atoms with van der Waals surface area (Å²) < 4.78 is 5.34. The molecule has 1 aliphatic carbocycles. The largest absolute Gasteiger partial charge is 0.465 e. The van der Waals surface area contributed by atoms with Gasteiger partial charge in [0, 0.05) is 12.6 Å². The smallest absolute Gasteiger partial charge is 0.326 e. The minimum Gasteiger partial charge on any atom is -0.465 e. The number of hydrogen-bond donors (Lipinski definition) is 1. The Morgan fingerprint density at radius 3 is 2.67 bits per heavy atom. The predicted molar refractivity (Wildman–Crippen MR) is 85.2 cm³/mol. The topological polar surface area (TPSA) is 41.6 Å². The summed E-state index contributed by atoms with van der Waals surface area (Å²) in [6.45, 7) is 12.3. The van der Waals surface area contributed by atoms with E-state index in [9.17, 15) is 4.79 Å². The first-order valence-electron chi connectivity index (χ1n) is 8.68. The number of likely N-dealkylation sites (tertiary alicyclic amines) is 1. The third-order valence-electron chi connectivity index (χ3n) is 5.55. The van der Waals surface area contributed by atoms with E-state index in [1.807, 2.05) is 6.92 Å². The number of nitrogens with one attached hydrogen (secondary N) is 1. The van der Waals surface area contributed by atoms with Crippen LogP contribution in [0.25, 0.3) is 0 Å². The summed E-state index contributed by atoms with van der Waals surface area (Å²) in [7, 11) is 0. The second-order valence-electron chi connectivity index (χ2n) is 6.97. The summed E-state index contributed by atoms with van der Waals surface area (Å²) in [6.07, 6.45) is 4.20. The number of carbonyl (C=O) groups is 1. The van der Waals surface area contributed by atoms with E-state index in [0.29, 0.717) is 12.6 Å². The SMILES string of the molecule is CCNC1(C(=O)OCC)CCC(N2CCC(C)C(C)C2)C1. The Hall–Kier alpha value is -0.610. The summed E-state index contributed by atoms with van der Waals surface area (Å²) in [5, 5.41) is 3.43. The third-order valence-corrected chi connectivity index (χ3v) is 5.55. The molecule has 4 unspecified atom stereocenters. The summed E-state index contributed by atoms with van der Waals surface area (Å²) in [6, 6.07) is 0.531. The molecule has 0 aromatic carbocycles. The number of hydrogen-bond acceptors (Lipinski definition) is 4. The number of carbonyl (C=O) groups excluding carboxylic acids is 1. The highest BCUT2D eigenvalue weighted by atomic mass is 16.5. The molecule has 122 valence electrons. The van der Waals surface area contributed by atoms with Crippen LogP contribution in [0.4, 0.5) is 0 Å². The van der Waals surface area contributed by atoms with Gasteiger partial charge in [0.1, 0.15) is 5.54 Å². The average molecular weight is 296 g/mol. The number of rotatable bonds is 5. The van der Waals surface area contributed by atoms with Gasteiger partial charge in [-0.25, -0.2) is 0 Å². The van der Waals surface area contributed by atoms with Crippen molar-refractivity contribution >= 4 is 5.97 Å². The average Bonchev–Trinajstić information content (AvgIpc) is 2.88. The van der Waals surface area contributed by atoms with Gasteiger partial charge < -0.3 is 15.0 Å². The van der Waals surface area contributed by atoms with Crippen LogP contribution in [-0.2, 0) is 9.53 Å².